The Morgan fingerprint density at radius 3 is 1.91 bits per heavy atom. The first-order valence-corrected chi connectivity index (χ1v) is 11.7. The molecule has 0 aromatic heterocycles. The summed E-state index contributed by atoms with van der Waals surface area (Å²) in [5.74, 6) is -1.98. The summed E-state index contributed by atoms with van der Waals surface area (Å²) in [6.45, 7) is 11.6. The average molecular weight is 482 g/mol. The predicted octanol–water partition coefficient (Wildman–Crippen LogP) is 4.39. The molecule has 174 valence electrons. The molecule has 2 aromatic carbocycles. The van der Waals surface area contributed by atoms with Gasteiger partial charge in [0.2, 0.25) is 5.91 Å². The molecule has 0 aliphatic rings. The van der Waals surface area contributed by atoms with Crippen molar-refractivity contribution in [2.45, 2.75) is 63.7 Å². The number of nitrogens with one attached hydrogen (secondary N) is 1. The smallest absolute Gasteiger partial charge is 0.335 e. The molecule has 0 spiro atoms. The van der Waals surface area contributed by atoms with Crippen LogP contribution >= 0.6 is 11.6 Å². The van der Waals surface area contributed by atoms with E-state index in [1.165, 1.54) is 6.07 Å². The van der Waals surface area contributed by atoms with E-state index >= 15 is 0 Å². The van der Waals surface area contributed by atoms with E-state index in [0.29, 0.717) is 16.7 Å². The molecule has 32 heavy (non-hydrogen) atoms. The Morgan fingerprint density at radius 2 is 1.47 bits per heavy atom. The highest BCUT2D eigenvalue weighted by Crippen LogP contribution is 2.39. The second-order valence-electron chi connectivity index (χ2n) is 9.70. The van der Waals surface area contributed by atoms with Gasteiger partial charge in [0, 0.05) is 0 Å². The Kier molecular flexibility index (Phi) is 7.02. The van der Waals surface area contributed by atoms with Crippen LogP contribution in [0.3, 0.4) is 0 Å². The topological polar surface area (TPSA) is 121 Å². The van der Waals surface area contributed by atoms with Crippen LogP contribution in [-0.4, -0.2) is 30.5 Å². The number of hydrogen-bond acceptors (Lipinski definition) is 5. The van der Waals surface area contributed by atoms with Crippen molar-refractivity contribution in [1.29, 1.82) is 0 Å². The molecule has 0 atom stereocenters. The van der Waals surface area contributed by atoms with Gasteiger partial charge in [0.05, 0.1) is 17.0 Å². The van der Waals surface area contributed by atoms with Crippen LogP contribution < -0.4 is 4.72 Å². The zero-order valence-electron chi connectivity index (χ0n) is 18.9. The summed E-state index contributed by atoms with van der Waals surface area (Å²) in [5.41, 5.74) is 0.739. The summed E-state index contributed by atoms with van der Waals surface area (Å²) in [6, 6.07) is 6.60. The first-order chi connectivity index (χ1) is 14.4. The van der Waals surface area contributed by atoms with Gasteiger partial charge in [0.15, 0.2) is 0 Å². The second kappa shape index (κ2) is 8.75. The lowest BCUT2D eigenvalue weighted by molar-refractivity contribution is -0.118. The number of hydrogen-bond donors (Lipinski definition) is 3. The van der Waals surface area contributed by atoms with Crippen molar-refractivity contribution in [3.8, 4) is 5.75 Å². The Hall–Kier alpha value is -2.58. The number of benzene rings is 2. The van der Waals surface area contributed by atoms with Crippen molar-refractivity contribution < 1.29 is 28.2 Å². The van der Waals surface area contributed by atoms with Gasteiger partial charge in [0.25, 0.3) is 10.0 Å². The predicted molar refractivity (Wildman–Crippen MR) is 123 cm³/mol. The van der Waals surface area contributed by atoms with E-state index in [2.05, 4.69) is 0 Å². The molecule has 0 saturated heterocycles. The summed E-state index contributed by atoms with van der Waals surface area (Å²) < 4.78 is 27.3. The summed E-state index contributed by atoms with van der Waals surface area (Å²) in [5, 5.41) is 19.7. The minimum Gasteiger partial charge on any atom is -0.507 e. The molecule has 0 saturated carbocycles. The molecule has 0 radical (unpaired) electrons. The maximum Gasteiger partial charge on any atom is 0.335 e. The number of rotatable bonds is 5. The fraction of sp³-hybridized carbons (Fsp3) is 0.391. The first kappa shape index (κ1) is 25.7. The van der Waals surface area contributed by atoms with Crippen molar-refractivity contribution in [2.24, 2.45) is 0 Å². The van der Waals surface area contributed by atoms with Gasteiger partial charge in [-0.3, -0.25) is 4.79 Å². The van der Waals surface area contributed by atoms with E-state index in [0.717, 1.165) is 12.1 Å². The molecule has 3 N–H and O–H groups in total. The lowest BCUT2D eigenvalue weighted by atomic mass is 9.78. The lowest BCUT2D eigenvalue weighted by Crippen LogP contribution is -2.32. The molecule has 7 nitrogen and oxygen atoms in total. The number of phenolic OH excluding ortho intramolecular Hbond substituents is 1. The van der Waals surface area contributed by atoms with Gasteiger partial charge in [-0.1, -0.05) is 65.3 Å². The maximum absolute atomic E-state index is 12.7. The van der Waals surface area contributed by atoms with E-state index in [1.54, 1.807) is 12.1 Å². The van der Waals surface area contributed by atoms with Crippen molar-refractivity contribution in [2.75, 3.05) is 0 Å². The number of carbonyl (C=O) groups excluding carboxylic acids is 1. The van der Waals surface area contributed by atoms with Gasteiger partial charge >= 0.3 is 5.97 Å². The van der Waals surface area contributed by atoms with E-state index in [1.807, 2.05) is 46.3 Å². The molecule has 1 amide bonds. The number of carbonyl (C=O) groups is 2. The van der Waals surface area contributed by atoms with Gasteiger partial charge in [-0.25, -0.2) is 17.9 Å². The van der Waals surface area contributed by atoms with Crippen LogP contribution in [0.25, 0.3) is 0 Å². The fourth-order valence-corrected chi connectivity index (χ4v) is 4.72. The minimum absolute atomic E-state index is 0.152. The van der Waals surface area contributed by atoms with E-state index in [-0.39, 0.29) is 22.8 Å². The third-order valence-electron chi connectivity index (χ3n) is 4.87. The van der Waals surface area contributed by atoms with E-state index in [9.17, 15) is 23.1 Å². The molecule has 2 aromatic rings. The molecule has 0 fully saturated rings. The zero-order chi connectivity index (χ0) is 24.6. The SMILES string of the molecule is CC(C)(C)c1cc(CC(=O)NS(=O)(=O)c2cc(C(=O)O)ccc2Cl)cc(C(C)(C)C)c1O. The second-order valence-corrected chi connectivity index (χ2v) is 11.8. The third kappa shape index (κ3) is 5.81. The fourth-order valence-electron chi connectivity index (χ4n) is 3.21. The molecule has 0 unspecified atom stereocenters. The molecule has 2 rings (SSSR count). The van der Waals surface area contributed by atoms with E-state index in [4.69, 9.17) is 16.7 Å². The third-order valence-corrected chi connectivity index (χ3v) is 6.72. The largest absolute Gasteiger partial charge is 0.507 e. The number of sulfonamides is 1. The summed E-state index contributed by atoms with van der Waals surface area (Å²) in [7, 11) is -4.40. The van der Waals surface area contributed by atoms with Crippen LogP contribution in [-0.2, 0) is 32.1 Å². The van der Waals surface area contributed by atoms with Crippen LogP contribution in [0.4, 0.5) is 0 Å². The quantitative estimate of drug-likeness (QED) is 0.582. The van der Waals surface area contributed by atoms with Crippen LogP contribution in [0.1, 0.15) is 68.6 Å². The van der Waals surface area contributed by atoms with E-state index < -0.39 is 37.6 Å². The highest BCUT2D eigenvalue weighted by atomic mass is 35.5. The molecule has 0 bridgehead atoms. The Labute approximate surface area is 193 Å². The number of phenols is 1. The molecular formula is C23H28ClNO6S. The van der Waals surface area contributed by atoms with Gasteiger partial charge in [-0.2, -0.15) is 0 Å². The highest BCUT2D eigenvalue weighted by molar-refractivity contribution is 7.90. The summed E-state index contributed by atoms with van der Waals surface area (Å²) in [4.78, 5) is 23.3. The number of carboxylic acids is 1. The number of halogens is 1. The Bertz CT molecular complexity index is 1140. The first-order valence-electron chi connectivity index (χ1n) is 9.89. The van der Waals surface area contributed by atoms with Crippen molar-refractivity contribution in [3.63, 3.8) is 0 Å². The molecule has 0 aliphatic heterocycles. The summed E-state index contributed by atoms with van der Waals surface area (Å²) >= 11 is 5.94. The summed E-state index contributed by atoms with van der Waals surface area (Å²) in [6.07, 6.45) is -0.262. The Morgan fingerprint density at radius 1 is 0.969 bits per heavy atom. The maximum atomic E-state index is 12.7. The monoisotopic (exact) mass is 481 g/mol. The van der Waals surface area contributed by atoms with Crippen molar-refractivity contribution in [1.82, 2.24) is 4.72 Å². The number of aromatic carboxylic acids is 1. The molecule has 0 heterocycles. The van der Waals surface area contributed by atoms with Crippen LogP contribution in [0, 0.1) is 0 Å². The van der Waals surface area contributed by atoms with Gasteiger partial charge in [0.1, 0.15) is 10.6 Å². The number of carboxylic acid groups (broad SMARTS) is 1. The highest BCUT2D eigenvalue weighted by Gasteiger charge is 2.28. The van der Waals surface area contributed by atoms with Crippen LogP contribution in [0.15, 0.2) is 35.2 Å². The normalized spacial score (nSPS) is 12.5. The average Bonchev–Trinajstić information content (AvgIpc) is 2.60. The van der Waals surface area contributed by atoms with Crippen LogP contribution in [0.2, 0.25) is 5.02 Å². The van der Waals surface area contributed by atoms with Crippen LogP contribution in [0.5, 0.6) is 5.75 Å². The lowest BCUT2D eigenvalue weighted by Gasteiger charge is -2.28. The standard InChI is InChI=1S/C23H28ClNO6S/c1-22(2,3)15-9-13(10-16(20(15)27)23(4,5)6)11-19(26)25-32(30,31)18-12-14(21(28)29)7-8-17(18)24/h7-10,12,27H,11H2,1-6H3,(H,25,26)(H,28,29). The Balaban J connectivity index is 2.41. The van der Waals surface area contributed by atoms with Crippen molar-refractivity contribution in [3.05, 3.63) is 57.6 Å². The number of aromatic hydroxyl groups is 1. The van der Waals surface area contributed by atoms with Gasteiger partial charge in [-0.05, 0) is 45.7 Å². The van der Waals surface area contributed by atoms with Crippen molar-refractivity contribution >= 4 is 33.5 Å². The molecule has 0 aliphatic carbocycles. The minimum atomic E-state index is -4.40. The molecular weight excluding hydrogens is 454 g/mol. The van der Waals surface area contributed by atoms with Gasteiger partial charge in [-0.15, -0.1) is 0 Å². The molecule has 9 heteroatoms. The van der Waals surface area contributed by atoms with Gasteiger partial charge < -0.3 is 10.2 Å². The zero-order valence-corrected chi connectivity index (χ0v) is 20.5. The number of amides is 1.